The Morgan fingerprint density at radius 1 is 1.65 bits per heavy atom. The Morgan fingerprint density at radius 3 is 2.94 bits per heavy atom. The number of hydrogen-bond donors (Lipinski definition) is 0. The number of nitrogens with zero attached hydrogens (tertiary/aromatic N) is 3. The highest BCUT2D eigenvalue weighted by molar-refractivity contribution is 7.09. The van der Waals surface area contributed by atoms with E-state index in [0.29, 0.717) is 12.5 Å². The van der Waals surface area contributed by atoms with E-state index in [1.54, 1.807) is 11.3 Å². The highest BCUT2D eigenvalue weighted by atomic mass is 32.1. The van der Waals surface area contributed by atoms with Crippen molar-refractivity contribution in [1.82, 2.24) is 14.8 Å². The van der Waals surface area contributed by atoms with Gasteiger partial charge in [0.15, 0.2) is 0 Å². The van der Waals surface area contributed by atoms with Gasteiger partial charge >= 0.3 is 0 Å². The van der Waals surface area contributed by atoms with Crippen molar-refractivity contribution in [1.29, 1.82) is 0 Å². The van der Waals surface area contributed by atoms with E-state index in [2.05, 4.69) is 24.0 Å². The topological polar surface area (TPSA) is 36.4 Å². The number of amides is 1. The van der Waals surface area contributed by atoms with E-state index in [0.717, 1.165) is 30.2 Å². The standard InChI is InChI=1S/C12H19N3OS/c1-9-13-10(8-17-9)6-12(16)15-5-4-11(7-15)14(2)3/h8,11H,4-7H2,1-3H3. The highest BCUT2D eigenvalue weighted by Gasteiger charge is 2.27. The van der Waals surface area contributed by atoms with Crippen LogP contribution in [0.5, 0.6) is 0 Å². The Balaban J connectivity index is 1.89. The van der Waals surface area contributed by atoms with Crippen molar-refractivity contribution < 1.29 is 4.79 Å². The van der Waals surface area contributed by atoms with Crippen molar-refractivity contribution in [2.45, 2.75) is 25.8 Å². The molecule has 1 amide bonds. The van der Waals surface area contributed by atoms with E-state index < -0.39 is 0 Å². The number of thiazole rings is 1. The first-order valence-electron chi connectivity index (χ1n) is 5.91. The monoisotopic (exact) mass is 253 g/mol. The van der Waals surface area contributed by atoms with Gasteiger partial charge in [-0.1, -0.05) is 0 Å². The quantitative estimate of drug-likeness (QED) is 0.811. The zero-order valence-electron chi connectivity index (χ0n) is 10.6. The molecule has 94 valence electrons. The number of carbonyl (C=O) groups excluding carboxylic acids is 1. The van der Waals surface area contributed by atoms with Crippen LogP contribution in [0, 0.1) is 6.92 Å². The molecule has 0 spiro atoms. The first-order valence-corrected chi connectivity index (χ1v) is 6.79. The molecule has 5 heteroatoms. The summed E-state index contributed by atoms with van der Waals surface area (Å²) in [5.74, 6) is 0.208. The third-order valence-corrected chi connectivity index (χ3v) is 4.07. The lowest BCUT2D eigenvalue weighted by molar-refractivity contribution is -0.129. The van der Waals surface area contributed by atoms with Gasteiger partial charge < -0.3 is 9.80 Å². The lowest BCUT2D eigenvalue weighted by atomic mass is 10.2. The van der Waals surface area contributed by atoms with Gasteiger partial charge in [-0.3, -0.25) is 4.79 Å². The smallest absolute Gasteiger partial charge is 0.228 e. The van der Waals surface area contributed by atoms with Gasteiger partial charge in [0, 0.05) is 24.5 Å². The maximum Gasteiger partial charge on any atom is 0.228 e. The number of carbonyl (C=O) groups is 1. The van der Waals surface area contributed by atoms with E-state index >= 15 is 0 Å². The molecule has 1 saturated heterocycles. The highest BCUT2D eigenvalue weighted by Crippen LogP contribution is 2.15. The van der Waals surface area contributed by atoms with E-state index in [1.807, 2.05) is 17.2 Å². The molecular weight excluding hydrogens is 234 g/mol. The lowest BCUT2D eigenvalue weighted by Crippen LogP contribution is -2.35. The predicted octanol–water partition coefficient (Wildman–Crippen LogP) is 1.16. The summed E-state index contributed by atoms with van der Waals surface area (Å²) in [5.41, 5.74) is 0.908. The van der Waals surface area contributed by atoms with Gasteiger partial charge in [0.1, 0.15) is 0 Å². The van der Waals surface area contributed by atoms with Crippen LogP contribution in [0.2, 0.25) is 0 Å². The third kappa shape index (κ3) is 3.04. The van der Waals surface area contributed by atoms with Gasteiger partial charge in [-0.25, -0.2) is 4.98 Å². The van der Waals surface area contributed by atoms with Crippen LogP contribution in [0.1, 0.15) is 17.1 Å². The van der Waals surface area contributed by atoms with Gasteiger partial charge in [-0.05, 0) is 27.4 Å². The normalized spacial score (nSPS) is 20.2. The molecule has 1 aromatic heterocycles. The van der Waals surface area contributed by atoms with Crippen LogP contribution in [0.3, 0.4) is 0 Å². The van der Waals surface area contributed by atoms with E-state index in [-0.39, 0.29) is 5.91 Å². The molecule has 1 aliphatic rings. The van der Waals surface area contributed by atoms with Crippen LogP contribution in [-0.2, 0) is 11.2 Å². The van der Waals surface area contributed by atoms with Gasteiger partial charge in [0.25, 0.3) is 0 Å². The molecule has 2 heterocycles. The molecule has 1 fully saturated rings. The van der Waals surface area contributed by atoms with E-state index in [9.17, 15) is 4.79 Å². The van der Waals surface area contributed by atoms with Gasteiger partial charge in [0.05, 0.1) is 17.1 Å². The van der Waals surface area contributed by atoms with E-state index in [4.69, 9.17) is 0 Å². The van der Waals surface area contributed by atoms with Crippen LogP contribution < -0.4 is 0 Å². The molecule has 0 aliphatic carbocycles. The van der Waals surface area contributed by atoms with Crippen molar-refractivity contribution in [3.8, 4) is 0 Å². The fourth-order valence-corrected chi connectivity index (χ4v) is 2.76. The van der Waals surface area contributed by atoms with Crippen molar-refractivity contribution in [3.05, 3.63) is 16.1 Å². The van der Waals surface area contributed by atoms with Gasteiger partial charge in [-0.15, -0.1) is 11.3 Å². The fourth-order valence-electron chi connectivity index (χ4n) is 2.15. The van der Waals surface area contributed by atoms with Gasteiger partial charge in [0.2, 0.25) is 5.91 Å². The molecule has 0 N–H and O–H groups in total. The molecule has 4 nitrogen and oxygen atoms in total. The maximum absolute atomic E-state index is 12.1. The van der Waals surface area contributed by atoms with Crippen LogP contribution in [-0.4, -0.2) is 53.9 Å². The summed E-state index contributed by atoms with van der Waals surface area (Å²) in [6, 6.07) is 0.510. The minimum absolute atomic E-state index is 0.208. The Morgan fingerprint density at radius 2 is 2.41 bits per heavy atom. The van der Waals surface area contributed by atoms with Crippen molar-refractivity contribution in [2.75, 3.05) is 27.2 Å². The first kappa shape index (κ1) is 12.5. The Hall–Kier alpha value is -0.940. The average Bonchev–Trinajstić information content (AvgIpc) is 2.86. The Kier molecular flexibility index (Phi) is 3.79. The molecule has 0 aromatic carbocycles. The average molecular weight is 253 g/mol. The molecule has 1 aliphatic heterocycles. The first-order chi connectivity index (χ1) is 8.06. The van der Waals surface area contributed by atoms with Crippen LogP contribution in [0.15, 0.2) is 5.38 Å². The number of aryl methyl sites for hydroxylation is 1. The van der Waals surface area contributed by atoms with Crippen LogP contribution in [0.25, 0.3) is 0 Å². The maximum atomic E-state index is 12.1. The Bertz CT molecular complexity index is 402. The van der Waals surface area contributed by atoms with Gasteiger partial charge in [-0.2, -0.15) is 0 Å². The zero-order valence-corrected chi connectivity index (χ0v) is 11.5. The molecule has 0 bridgehead atoms. The molecule has 1 aromatic rings. The summed E-state index contributed by atoms with van der Waals surface area (Å²) >= 11 is 1.60. The molecule has 0 saturated carbocycles. The summed E-state index contributed by atoms with van der Waals surface area (Å²) in [7, 11) is 4.14. The minimum atomic E-state index is 0.208. The largest absolute Gasteiger partial charge is 0.341 e. The predicted molar refractivity (Wildman–Crippen MR) is 69.2 cm³/mol. The lowest BCUT2D eigenvalue weighted by Gasteiger charge is -2.20. The second-order valence-corrected chi connectivity index (χ2v) is 5.84. The summed E-state index contributed by atoms with van der Waals surface area (Å²) < 4.78 is 0. The van der Waals surface area contributed by atoms with Crippen molar-refractivity contribution in [3.63, 3.8) is 0 Å². The van der Waals surface area contributed by atoms with Crippen molar-refractivity contribution >= 4 is 17.2 Å². The second-order valence-electron chi connectivity index (χ2n) is 4.78. The summed E-state index contributed by atoms with van der Waals surface area (Å²) in [4.78, 5) is 20.6. The van der Waals surface area contributed by atoms with Crippen LogP contribution in [0.4, 0.5) is 0 Å². The summed E-state index contributed by atoms with van der Waals surface area (Å²) in [6.45, 7) is 3.70. The Labute approximate surface area is 106 Å². The molecule has 2 rings (SSSR count). The number of likely N-dealkylation sites (tertiary alicyclic amines) is 1. The molecule has 1 unspecified atom stereocenters. The van der Waals surface area contributed by atoms with Crippen LogP contribution >= 0.6 is 11.3 Å². The number of rotatable bonds is 3. The number of hydrogen-bond acceptors (Lipinski definition) is 4. The molecule has 17 heavy (non-hydrogen) atoms. The summed E-state index contributed by atoms with van der Waals surface area (Å²) in [6.07, 6.45) is 1.53. The molecule has 1 atom stereocenters. The number of aromatic nitrogens is 1. The molecule has 0 radical (unpaired) electrons. The van der Waals surface area contributed by atoms with E-state index in [1.165, 1.54) is 0 Å². The fraction of sp³-hybridized carbons (Fsp3) is 0.667. The second kappa shape index (κ2) is 5.14. The SMILES string of the molecule is Cc1nc(CC(=O)N2CCC(N(C)C)C2)cs1. The third-order valence-electron chi connectivity index (χ3n) is 3.25. The number of likely N-dealkylation sites (N-methyl/N-ethyl adjacent to an activating group) is 1. The molecular formula is C12H19N3OS. The zero-order chi connectivity index (χ0) is 12.4. The minimum Gasteiger partial charge on any atom is -0.341 e. The van der Waals surface area contributed by atoms with Crippen molar-refractivity contribution in [2.24, 2.45) is 0 Å². The summed E-state index contributed by atoms with van der Waals surface area (Å²) in [5, 5.41) is 3.01.